The van der Waals surface area contributed by atoms with Crippen LogP contribution in [0.2, 0.25) is 5.02 Å². The summed E-state index contributed by atoms with van der Waals surface area (Å²) in [5, 5.41) is 9.39. The highest BCUT2D eigenvalue weighted by Gasteiger charge is 2.23. The van der Waals surface area contributed by atoms with Crippen molar-refractivity contribution in [3.63, 3.8) is 0 Å². The Morgan fingerprint density at radius 2 is 2.21 bits per heavy atom. The molecule has 19 heavy (non-hydrogen) atoms. The highest BCUT2D eigenvalue weighted by Crippen LogP contribution is 2.28. The third-order valence-corrected chi connectivity index (χ3v) is 3.39. The molecule has 0 saturated carbocycles. The van der Waals surface area contributed by atoms with Crippen molar-refractivity contribution < 1.29 is 14.6 Å². The fourth-order valence-electron chi connectivity index (χ4n) is 2.08. The molecule has 6 heteroatoms. The number of carbonyl (C=O) groups is 1. The SMILES string of the molecule is Cl.O=C(O)CCN1CCOC(c2ccccc2Cl)C1. The maximum absolute atomic E-state index is 10.6. The van der Waals surface area contributed by atoms with E-state index >= 15 is 0 Å². The molecule has 0 radical (unpaired) electrons. The van der Waals surface area contributed by atoms with E-state index in [-0.39, 0.29) is 24.9 Å². The fourth-order valence-corrected chi connectivity index (χ4v) is 2.34. The first-order chi connectivity index (χ1) is 8.66. The third-order valence-electron chi connectivity index (χ3n) is 3.04. The van der Waals surface area contributed by atoms with E-state index in [1.54, 1.807) is 0 Å². The van der Waals surface area contributed by atoms with Gasteiger partial charge >= 0.3 is 5.97 Å². The van der Waals surface area contributed by atoms with Gasteiger partial charge in [-0.15, -0.1) is 12.4 Å². The number of benzene rings is 1. The molecule has 106 valence electrons. The Hall–Kier alpha value is -0.810. The van der Waals surface area contributed by atoms with Crippen molar-refractivity contribution in [2.24, 2.45) is 0 Å². The van der Waals surface area contributed by atoms with Gasteiger partial charge in [0.15, 0.2) is 0 Å². The van der Waals surface area contributed by atoms with Crippen molar-refractivity contribution in [2.45, 2.75) is 12.5 Å². The Morgan fingerprint density at radius 1 is 1.47 bits per heavy atom. The number of hydrogen-bond acceptors (Lipinski definition) is 3. The zero-order valence-corrected chi connectivity index (χ0v) is 12.0. The molecule has 0 aromatic heterocycles. The summed E-state index contributed by atoms with van der Waals surface area (Å²) in [6.45, 7) is 2.63. The monoisotopic (exact) mass is 305 g/mol. The molecule has 0 amide bonds. The zero-order valence-electron chi connectivity index (χ0n) is 10.4. The van der Waals surface area contributed by atoms with Crippen LogP contribution in [0.3, 0.4) is 0 Å². The van der Waals surface area contributed by atoms with Gasteiger partial charge in [-0.2, -0.15) is 0 Å². The zero-order chi connectivity index (χ0) is 13.0. The van der Waals surface area contributed by atoms with Crippen LogP contribution in [0.5, 0.6) is 0 Å². The van der Waals surface area contributed by atoms with Crippen molar-refractivity contribution in [2.75, 3.05) is 26.2 Å². The minimum absolute atomic E-state index is 0. The Balaban J connectivity index is 0.00000180. The average molecular weight is 306 g/mol. The number of morpholine rings is 1. The summed E-state index contributed by atoms with van der Waals surface area (Å²) < 4.78 is 5.71. The number of aliphatic carboxylic acids is 1. The number of rotatable bonds is 4. The second kappa shape index (κ2) is 7.70. The van der Waals surface area contributed by atoms with Gasteiger partial charge in [-0.25, -0.2) is 0 Å². The van der Waals surface area contributed by atoms with Gasteiger partial charge < -0.3 is 9.84 Å². The van der Waals surface area contributed by atoms with E-state index in [4.69, 9.17) is 21.4 Å². The molecule has 1 saturated heterocycles. The molecule has 1 aliphatic rings. The Labute approximate surface area is 123 Å². The molecule has 4 nitrogen and oxygen atoms in total. The van der Waals surface area contributed by atoms with Crippen LogP contribution in [0.15, 0.2) is 24.3 Å². The first-order valence-corrected chi connectivity index (χ1v) is 6.35. The summed E-state index contributed by atoms with van der Waals surface area (Å²) in [7, 11) is 0. The van der Waals surface area contributed by atoms with Crippen LogP contribution in [-0.2, 0) is 9.53 Å². The number of ether oxygens (including phenoxy) is 1. The van der Waals surface area contributed by atoms with Crippen LogP contribution in [0.1, 0.15) is 18.1 Å². The summed E-state index contributed by atoms with van der Waals surface area (Å²) in [4.78, 5) is 12.7. The van der Waals surface area contributed by atoms with Crippen LogP contribution >= 0.6 is 24.0 Å². The van der Waals surface area contributed by atoms with E-state index in [2.05, 4.69) is 4.90 Å². The molecule has 2 rings (SSSR count). The fraction of sp³-hybridized carbons (Fsp3) is 0.462. The standard InChI is InChI=1S/C13H16ClNO3.ClH/c14-11-4-2-1-3-10(11)12-9-15(7-8-18-12)6-5-13(16)17;/h1-4,12H,5-9H2,(H,16,17);1H. The predicted molar refractivity (Wildman–Crippen MR) is 76.1 cm³/mol. The topological polar surface area (TPSA) is 49.8 Å². The first-order valence-electron chi connectivity index (χ1n) is 5.97. The summed E-state index contributed by atoms with van der Waals surface area (Å²) in [5.74, 6) is -0.768. The van der Waals surface area contributed by atoms with E-state index in [0.29, 0.717) is 24.7 Å². The van der Waals surface area contributed by atoms with E-state index in [1.165, 1.54) is 0 Å². The molecule has 1 aromatic rings. The predicted octanol–water partition coefficient (Wildman–Crippen LogP) is 2.61. The molecule has 0 spiro atoms. The summed E-state index contributed by atoms with van der Waals surface area (Å²) >= 11 is 6.14. The minimum Gasteiger partial charge on any atom is -0.481 e. The average Bonchev–Trinajstić information content (AvgIpc) is 2.37. The molecule has 1 aliphatic heterocycles. The lowest BCUT2D eigenvalue weighted by molar-refractivity contribution is -0.137. The number of halogens is 2. The molecular weight excluding hydrogens is 289 g/mol. The summed E-state index contributed by atoms with van der Waals surface area (Å²) in [6, 6.07) is 7.61. The molecule has 1 unspecified atom stereocenters. The number of nitrogens with zero attached hydrogens (tertiary/aromatic N) is 1. The normalized spacial score (nSPS) is 19.7. The molecule has 0 bridgehead atoms. The van der Waals surface area contributed by atoms with E-state index < -0.39 is 5.97 Å². The molecule has 1 heterocycles. The van der Waals surface area contributed by atoms with E-state index in [1.807, 2.05) is 24.3 Å². The van der Waals surface area contributed by atoms with Crippen molar-refractivity contribution in [3.8, 4) is 0 Å². The van der Waals surface area contributed by atoms with Gasteiger partial charge in [-0.1, -0.05) is 29.8 Å². The maximum Gasteiger partial charge on any atom is 0.304 e. The highest BCUT2D eigenvalue weighted by atomic mass is 35.5. The first kappa shape index (κ1) is 16.2. The van der Waals surface area contributed by atoms with Crippen molar-refractivity contribution in [3.05, 3.63) is 34.9 Å². The lowest BCUT2D eigenvalue weighted by Gasteiger charge is -2.33. The van der Waals surface area contributed by atoms with Gasteiger partial charge in [0.1, 0.15) is 0 Å². The Morgan fingerprint density at radius 3 is 2.89 bits per heavy atom. The highest BCUT2D eigenvalue weighted by molar-refractivity contribution is 6.31. The Kier molecular flexibility index (Phi) is 6.58. The van der Waals surface area contributed by atoms with Gasteiger partial charge in [0.05, 0.1) is 19.1 Å². The molecule has 1 fully saturated rings. The van der Waals surface area contributed by atoms with Crippen LogP contribution in [0.25, 0.3) is 0 Å². The molecular formula is C13H17Cl2NO3. The number of carboxylic acids is 1. The molecule has 1 aromatic carbocycles. The van der Waals surface area contributed by atoms with Crippen LogP contribution in [-0.4, -0.2) is 42.2 Å². The smallest absolute Gasteiger partial charge is 0.304 e. The second-order valence-corrected chi connectivity index (χ2v) is 4.73. The van der Waals surface area contributed by atoms with Gasteiger partial charge in [0.25, 0.3) is 0 Å². The largest absolute Gasteiger partial charge is 0.481 e. The van der Waals surface area contributed by atoms with Gasteiger partial charge in [0, 0.05) is 30.2 Å². The molecule has 1 atom stereocenters. The van der Waals surface area contributed by atoms with Crippen molar-refractivity contribution >= 4 is 30.0 Å². The number of carboxylic acid groups (broad SMARTS) is 1. The van der Waals surface area contributed by atoms with Crippen LogP contribution in [0.4, 0.5) is 0 Å². The van der Waals surface area contributed by atoms with E-state index in [9.17, 15) is 4.79 Å². The van der Waals surface area contributed by atoms with Crippen molar-refractivity contribution in [1.82, 2.24) is 4.90 Å². The van der Waals surface area contributed by atoms with E-state index in [0.717, 1.165) is 12.1 Å². The van der Waals surface area contributed by atoms with Gasteiger partial charge in [0.2, 0.25) is 0 Å². The van der Waals surface area contributed by atoms with Crippen molar-refractivity contribution in [1.29, 1.82) is 0 Å². The van der Waals surface area contributed by atoms with Crippen LogP contribution < -0.4 is 0 Å². The summed E-state index contributed by atoms with van der Waals surface area (Å²) in [6.07, 6.45) is 0.0937. The maximum atomic E-state index is 10.6. The van der Waals surface area contributed by atoms with Gasteiger partial charge in [-0.3, -0.25) is 9.69 Å². The Bertz CT molecular complexity index is 428. The van der Waals surface area contributed by atoms with Crippen LogP contribution in [0, 0.1) is 0 Å². The lowest BCUT2D eigenvalue weighted by atomic mass is 10.1. The second-order valence-electron chi connectivity index (χ2n) is 4.33. The molecule has 1 N–H and O–H groups in total. The third kappa shape index (κ3) is 4.66. The summed E-state index contributed by atoms with van der Waals surface area (Å²) in [5.41, 5.74) is 0.971. The number of hydrogen-bond donors (Lipinski definition) is 1. The quantitative estimate of drug-likeness (QED) is 0.929. The van der Waals surface area contributed by atoms with Gasteiger partial charge in [-0.05, 0) is 6.07 Å². The minimum atomic E-state index is -0.768. The lowest BCUT2D eigenvalue weighted by Crippen LogP contribution is -2.39. The molecule has 0 aliphatic carbocycles.